The topological polar surface area (TPSA) is 43.4 Å². The van der Waals surface area contributed by atoms with E-state index in [1.807, 2.05) is 0 Å². The number of benzene rings is 1. The maximum absolute atomic E-state index is 11.3. The first-order chi connectivity index (χ1) is 7.00. The summed E-state index contributed by atoms with van der Waals surface area (Å²) in [7, 11) is 3.28. The Kier molecular flexibility index (Phi) is 3.99. The van der Waals surface area contributed by atoms with Crippen LogP contribution in [0.1, 0.15) is 24.2 Å². The zero-order valence-electron chi connectivity index (χ0n) is 8.60. The average Bonchev–Trinajstić information content (AvgIpc) is 2.17. The Hall–Kier alpha value is -0.740. The maximum atomic E-state index is 11.3. The van der Waals surface area contributed by atoms with Gasteiger partial charge in [0.2, 0.25) is 9.05 Å². The van der Waals surface area contributed by atoms with Gasteiger partial charge < -0.3 is 4.74 Å². The van der Waals surface area contributed by atoms with Crippen LogP contribution < -0.4 is 4.74 Å². The molecule has 1 aromatic rings. The Morgan fingerprint density at radius 2 is 2.00 bits per heavy atom. The molecule has 0 fully saturated rings. The molecular weight excluding hydrogens is 236 g/mol. The van der Waals surface area contributed by atoms with Gasteiger partial charge in [0, 0.05) is 16.2 Å². The van der Waals surface area contributed by atoms with Gasteiger partial charge in [-0.3, -0.25) is 0 Å². The highest BCUT2D eigenvalue weighted by atomic mass is 35.7. The van der Waals surface area contributed by atoms with Crippen molar-refractivity contribution in [2.24, 2.45) is 0 Å². The Labute approximate surface area is 94.4 Å². The molecule has 0 saturated carbocycles. The van der Waals surface area contributed by atoms with Gasteiger partial charge >= 0.3 is 0 Å². The van der Waals surface area contributed by atoms with Gasteiger partial charge in [-0.1, -0.05) is 25.1 Å². The molecule has 0 aliphatic carbocycles. The van der Waals surface area contributed by atoms with Crippen LogP contribution in [0.3, 0.4) is 0 Å². The van der Waals surface area contributed by atoms with Crippen LogP contribution in [0.15, 0.2) is 24.3 Å². The van der Waals surface area contributed by atoms with E-state index in [4.69, 9.17) is 15.4 Å². The predicted octanol–water partition coefficient (Wildman–Crippen LogP) is 2.71. The SMILES string of the molecule is CCC(c1ccccc1OC)S(=O)(=O)Cl. The summed E-state index contributed by atoms with van der Waals surface area (Å²) >= 11 is 0. The van der Waals surface area contributed by atoms with Crippen molar-refractivity contribution in [2.75, 3.05) is 7.11 Å². The third kappa shape index (κ3) is 2.86. The van der Waals surface area contributed by atoms with E-state index < -0.39 is 14.3 Å². The number of methoxy groups -OCH3 is 1. The Morgan fingerprint density at radius 3 is 2.47 bits per heavy atom. The van der Waals surface area contributed by atoms with Gasteiger partial charge in [-0.05, 0) is 12.5 Å². The van der Waals surface area contributed by atoms with Gasteiger partial charge in [-0.25, -0.2) is 8.42 Å². The molecule has 1 aromatic carbocycles. The first-order valence-electron chi connectivity index (χ1n) is 4.57. The maximum Gasteiger partial charge on any atom is 0.239 e. The lowest BCUT2D eigenvalue weighted by Gasteiger charge is -2.14. The molecule has 0 aliphatic rings. The lowest BCUT2D eigenvalue weighted by Crippen LogP contribution is -2.07. The minimum absolute atomic E-state index is 0.423. The van der Waals surface area contributed by atoms with Gasteiger partial charge in [0.25, 0.3) is 0 Å². The zero-order chi connectivity index (χ0) is 11.5. The molecule has 0 radical (unpaired) electrons. The van der Waals surface area contributed by atoms with Gasteiger partial charge in [-0.15, -0.1) is 0 Å². The average molecular weight is 249 g/mol. The molecule has 1 atom stereocenters. The van der Waals surface area contributed by atoms with Crippen LogP contribution >= 0.6 is 10.7 Å². The van der Waals surface area contributed by atoms with Gasteiger partial charge in [0.1, 0.15) is 11.0 Å². The quantitative estimate of drug-likeness (QED) is 0.770. The van der Waals surface area contributed by atoms with E-state index in [1.165, 1.54) is 7.11 Å². The minimum Gasteiger partial charge on any atom is -0.496 e. The summed E-state index contributed by atoms with van der Waals surface area (Å²) in [6.07, 6.45) is 0.423. The van der Waals surface area contributed by atoms with Crippen molar-refractivity contribution >= 4 is 19.7 Å². The van der Waals surface area contributed by atoms with Crippen molar-refractivity contribution in [3.63, 3.8) is 0 Å². The summed E-state index contributed by atoms with van der Waals surface area (Å²) in [6, 6.07) is 6.99. The summed E-state index contributed by atoms with van der Waals surface area (Å²) in [5, 5.41) is -0.713. The number of hydrogen-bond donors (Lipinski definition) is 0. The molecule has 84 valence electrons. The normalized spacial score (nSPS) is 13.5. The fraction of sp³-hybridized carbons (Fsp3) is 0.400. The lowest BCUT2D eigenvalue weighted by molar-refractivity contribution is 0.408. The second-order valence-corrected chi connectivity index (χ2v) is 5.93. The van der Waals surface area contributed by atoms with E-state index in [1.54, 1.807) is 31.2 Å². The minimum atomic E-state index is -3.61. The summed E-state index contributed by atoms with van der Waals surface area (Å²) in [5.41, 5.74) is 0.609. The monoisotopic (exact) mass is 248 g/mol. The zero-order valence-corrected chi connectivity index (χ0v) is 10.2. The van der Waals surface area contributed by atoms with Crippen LogP contribution in [0.25, 0.3) is 0 Å². The molecule has 1 rings (SSSR count). The number of halogens is 1. The Morgan fingerprint density at radius 1 is 1.40 bits per heavy atom. The fourth-order valence-corrected chi connectivity index (χ4v) is 3.07. The van der Waals surface area contributed by atoms with Crippen molar-refractivity contribution in [2.45, 2.75) is 18.6 Å². The molecule has 0 bridgehead atoms. The van der Waals surface area contributed by atoms with E-state index in [0.29, 0.717) is 17.7 Å². The number of ether oxygens (including phenoxy) is 1. The van der Waals surface area contributed by atoms with Crippen molar-refractivity contribution in [3.05, 3.63) is 29.8 Å². The lowest BCUT2D eigenvalue weighted by atomic mass is 10.1. The molecule has 0 saturated heterocycles. The Bertz CT molecular complexity index is 428. The first-order valence-corrected chi connectivity index (χ1v) is 6.94. The van der Waals surface area contributed by atoms with E-state index in [2.05, 4.69) is 0 Å². The number of hydrogen-bond acceptors (Lipinski definition) is 3. The van der Waals surface area contributed by atoms with E-state index >= 15 is 0 Å². The summed E-state index contributed by atoms with van der Waals surface area (Å²) in [5.74, 6) is 0.550. The predicted molar refractivity (Wildman–Crippen MR) is 60.8 cm³/mol. The molecular formula is C10H13ClO3S. The van der Waals surface area contributed by atoms with E-state index in [9.17, 15) is 8.42 Å². The van der Waals surface area contributed by atoms with Crippen LogP contribution in [-0.4, -0.2) is 15.5 Å². The van der Waals surface area contributed by atoms with Crippen LogP contribution in [0.4, 0.5) is 0 Å². The third-order valence-corrected chi connectivity index (χ3v) is 4.11. The summed E-state index contributed by atoms with van der Waals surface area (Å²) < 4.78 is 27.8. The highest BCUT2D eigenvalue weighted by molar-refractivity contribution is 8.13. The molecule has 1 unspecified atom stereocenters. The molecule has 15 heavy (non-hydrogen) atoms. The highest BCUT2D eigenvalue weighted by Crippen LogP contribution is 2.34. The molecule has 0 spiro atoms. The standard InChI is InChI=1S/C10H13ClO3S/c1-3-10(15(11,12)13)8-6-4-5-7-9(8)14-2/h4-7,10H,3H2,1-2H3. The molecule has 5 heteroatoms. The van der Waals surface area contributed by atoms with Gasteiger partial charge in [0.05, 0.1) is 7.11 Å². The highest BCUT2D eigenvalue weighted by Gasteiger charge is 2.25. The van der Waals surface area contributed by atoms with Crippen molar-refractivity contribution in [1.82, 2.24) is 0 Å². The van der Waals surface area contributed by atoms with E-state index in [0.717, 1.165) is 0 Å². The summed E-state index contributed by atoms with van der Waals surface area (Å²) in [6.45, 7) is 1.77. The largest absolute Gasteiger partial charge is 0.496 e. The second-order valence-electron chi connectivity index (χ2n) is 3.11. The van der Waals surface area contributed by atoms with Crippen LogP contribution in [0.2, 0.25) is 0 Å². The van der Waals surface area contributed by atoms with Crippen LogP contribution in [0, 0.1) is 0 Å². The molecule has 3 nitrogen and oxygen atoms in total. The van der Waals surface area contributed by atoms with Crippen molar-refractivity contribution < 1.29 is 13.2 Å². The Balaban J connectivity index is 3.24. The third-order valence-electron chi connectivity index (χ3n) is 2.20. The summed E-state index contributed by atoms with van der Waals surface area (Å²) in [4.78, 5) is 0. The molecule has 0 aliphatic heterocycles. The second kappa shape index (κ2) is 4.86. The van der Waals surface area contributed by atoms with Crippen molar-refractivity contribution in [1.29, 1.82) is 0 Å². The first kappa shape index (κ1) is 12.3. The smallest absolute Gasteiger partial charge is 0.239 e. The molecule has 0 heterocycles. The van der Waals surface area contributed by atoms with Crippen molar-refractivity contribution in [3.8, 4) is 5.75 Å². The molecule has 0 aromatic heterocycles. The van der Waals surface area contributed by atoms with Crippen LogP contribution in [0.5, 0.6) is 5.75 Å². The molecule has 0 amide bonds. The van der Waals surface area contributed by atoms with E-state index in [-0.39, 0.29) is 0 Å². The number of para-hydroxylation sites is 1. The molecule has 0 N–H and O–H groups in total. The van der Waals surface area contributed by atoms with Gasteiger partial charge in [0.15, 0.2) is 0 Å². The van der Waals surface area contributed by atoms with Gasteiger partial charge in [-0.2, -0.15) is 0 Å². The number of rotatable bonds is 4. The fourth-order valence-electron chi connectivity index (χ4n) is 1.50. The van der Waals surface area contributed by atoms with Crippen LogP contribution in [-0.2, 0) is 9.05 Å².